The number of aromatic nitrogens is 4. The predicted molar refractivity (Wildman–Crippen MR) is 116 cm³/mol. The van der Waals surface area contributed by atoms with Gasteiger partial charge in [0.05, 0.1) is 28.9 Å². The first kappa shape index (κ1) is 20.9. The second-order valence-electron chi connectivity index (χ2n) is 8.73. The van der Waals surface area contributed by atoms with Gasteiger partial charge < -0.3 is 4.90 Å². The fourth-order valence-electron chi connectivity index (χ4n) is 4.03. The molecule has 2 heterocycles. The highest BCUT2D eigenvalue weighted by Gasteiger charge is 2.33. The van der Waals surface area contributed by atoms with Crippen LogP contribution in [0.25, 0.3) is 0 Å². The van der Waals surface area contributed by atoms with Crippen LogP contribution >= 0.6 is 0 Å². The molecule has 0 bridgehead atoms. The first-order valence-corrected chi connectivity index (χ1v) is 10.4. The summed E-state index contributed by atoms with van der Waals surface area (Å²) in [5.74, 6) is 0.563. The van der Waals surface area contributed by atoms with Gasteiger partial charge in [-0.25, -0.2) is 9.07 Å². The third-order valence-electron chi connectivity index (χ3n) is 5.60. The molecule has 0 aliphatic carbocycles. The fourth-order valence-corrected chi connectivity index (χ4v) is 4.03. The average Bonchev–Trinajstić information content (AvgIpc) is 3.25. The molecule has 1 aromatic heterocycles. The summed E-state index contributed by atoms with van der Waals surface area (Å²) in [4.78, 5) is 4.40. The Hall–Kier alpha value is -3.31. The summed E-state index contributed by atoms with van der Waals surface area (Å²) in [5, 5.41) is 21.8. The molecule has 0 N–H and O–H groups in total. The highest BCUT2D eigenvalue weighted by atomic mass is 19.1. The number of anilines is 1. The lowest BCUT2D eigenvalue weighted by Gasteiger charge is -2.40. The van der Waals surface area contributed by atoms with Gasteiger partial charge in [0.1, 0.15) is 5.82 Å². The van der Waals surface area contributed by atoms with Gasteiger partial charge in [0.2, 0.25) is 0 Å². The Balaban J connectivity index is 1.65. The number of hydrogen-bond acceptors (Lipinski definition) is 6. The number of nitrogens with zero attached hydrogens (tertiary/aromatic N) is 7. The maximum absolute atomic E-state index is 14.3. The van der Waals surface area contributed by atoms with E-state index in [1.807, 2.05) is 41.1 Å². The van der Waals surface area contributed by atoms with Crippen LogP contribution in [0.4, 0.5) is 10.1 Å². The van der Waals surface area contributed by atoms with E-state index in [9.17, 15) is 9.65 Å². The smallest absolute Gasteiger partial charge is 0.173 e. The van der Waals surface area contributed by atoms with Crippen LogP contribution in [0.3, 0.4) is 0 Å². The van der Waals surface area contributed by atoms with Crippen molar-refractivity contribution in [2.24, 2.45) is 0 Å². The Morgan fingerprint density at radius 3 is 2.29 bits per heavy atom. The molecule has 1 unspecified atom stereocenters. The van der Waals surface area contributed by atoms with Crippen LogP contribution in [-0.2, 0) is 5.54 Å². The summed E-state index contributed by atoms with van der Waals surface area (Å²) in [6.07, 6.45) is 0. The molecule has 1 fully saturated rings. The zero-order chi connectivity index (χ0) is 22.0. The van der Waals surface area contributed by atoms with E-state index >= 15 is 0 Å². The largest absolute Gasteiger partial charge is 0.367 e. The number of benzene rings is 2. The first-order valence-electron chi connectivity index (χ1n) is 10.4. The number of rotatable bonds is 4. The molecular weight excluding hydrogens is 393 g/mol. The SMILES string of the molecule is CC(C)(C)n1nnnc1C(c1ccc(C#N)cc1)N1CCN(c2ccccc2F)CC1. The summed E-state index contributed by atoms with van der Waals surface area (Å²) < 4.78 is 16.1. The maximum Gasteiger partial charge on any atom is 0.173 e. The van der Waals surface area contributed by atoms with E-state index in [0.29, 0.717) is 24.3 Å². The average molecular weight is 420 g/mol. The molecule has 31 heavy (non-hydrogen) atoms. The number of piperazine rings is 1. The van der Waals surface area contributed by atoms with E-state index in [0.717, 1.165) is 24.5 Å². The summed E-state index contributed by atoms with van der Waals surface area (Å²) in [6, 6.07) is 16.5. The Labute approximate surface area is 181 Å². The third kappa shape index (κ3) is 4.28. The second kappa shape index (κ2) is 8.44. The van der Waals surface area contributed by atoms with Gasteiger partial charge in [-0.3, -0.25) is 4.90 Å². The molecule has 2 aromatic carbocycles. The van der Waals surface area contributed by atoms with Crippen molar-refractivity contribution in [2.45, 2.75) is 32.4 Å². The molecule has 8 heteroatoms. The molecule has 7 nitrogen and oxygen atoms in total. The molecular formula is C23H26FN7. The molecule has 1 aliphatic rings. The van der Waals surface area contributed by atoms with Crippen LogP contribution in [0.1, 0.15) is 43.8 Å². The normalized spacial score (nSPS) is 16.2. The Kier molecular flexibility index (Phi) is 5.70. The summed E-state index contributed by atoms with van der Waals surface area (Å²) in [5.41, 5.74) is 2.00. The van der Waals surface area contributed by atoms with Crippen molar-refractivity contribution in [1.82, 2.24) is 25.1 Å². The first-order chi connectivity index (χ1) is 14.9. The molecule has 0 radical (unpaired) electrons. The summed E-state index contributed by atoms with van der Waals surface area (Å²) in [6.45, 7) is 9.07. The minimum Gasteiger partial charge on any atom is -0.367 e. The number of nitriles is 1. The molecule has 160 valence electrons. The summed E-state index contributed by atoms with van der Waals surface area (Å²) in [7, 11) is 0. The van der Waals surface area contributed by atoms with Gasteiger partial charge in [-0.05, 0) is 61.0 Å². The molecule has 0 amide bonds. The summed E-state index contributed by atoms with van der Waals surface area (Å²) >= 11 is 0. The van der Waals surface area contributed by atoms with E-state index < -0.39 is 0 Å². The highest BCUT2D eigenvalue weighted by molar-refractivity contribution is 5.48. The van der Waals surface area contributed by atoms with Gasteiger partial charge >= 0.3 is 0 Å². The van der Waals surface area contributed by atoms with Crippen molar-refractivity contribution in [3.63, 3.8) is 0 Å². The van der Waals surface area contributed by atoms with Crippen LogP contribution in [0.5, 0.6) is 0 Å². The minimum absolute atomic E-state index is 0.162. The van der Waals surface area contributed by atoms with Crippen LogP contribution in [0, 0.1) is 17.1 Å². The second-order valence-corrected chi connectivity index (χ2v) is 8.73. The Morgan fingerprint density at radius 2 is 1.68 bits per heavy atom. The van der Waals surface area contributed by atoms with E-state index in [1.54, 1.807) is 6.07 Å². The van der Waals surface area contributed by atoms with Gasteiger partial charge in [-0.2, -0.15) is 5.26 Å². The molecule has 0 spiro atoms. The molecule has 1 atom stereocenters. The van der Waals surface area contributed by atoms with Gasteiger partial charge in [-0.1, -0.05) is 24.3 Å². The highest BCUT2D eigenvalue weighted by Crippen LogP contribution is 2.31. The van der Waals surface area contributed by atoms with E-state index in [4.69, 9.17) is 0 Å². The lowest BCUT2D eigenvalue weighted by atomic mass is 10.0. The van der Waals surface area contributed by atoms with Crippen molar-refractivity contribution in [3.05, 3.63) is 71.3 Å². The van der Waals surface area contributed by atoms with E-state index in [1.165, 1.54) is 6.07 Å². The monoisotopic (exact) mass is 419 g/mol. The van der Waals surface area contributed by atoms with Crippen LogP contribution in [-0.4, -0.2) is 51.3 Å². The molecule has 0 saturated carbocycles. The van der Waals surface area contributed by atoms with Gasteiger partial charge in [-0.15, -0.1) is 5.10 Å². The number of hydrogen-bond donors (Lipinski definition) is 0. The molecule has 1 saturated heterocycles. The molecule has 4 rings (SSSR count). The Bertz CT molecular complexity index is 1070. The predicted octanol–water partition coefficient (Wildman–Crippen LogP) is 3.35. The van der Waals surface area contributed by atoms with Crippen molar-refractivity contribution < 1.29 is 4.39 Å². The van der Waals surface area contributed by atoms with E-state index in [2.05, 4.69) is 52.2 Å². The van der Waals surface area contributed by atoms with Gasteiger partial charge in [0, 0.05) is 26.2 Å². The van der Waals surface area contributed by atoms with Crippen molar-refractivity contribution in [1.29, 1.82) is 5.26 Å². The number of halogens is 1. The van der Waals surface area contributed by atoms with Crippen molar-refractivity contribution >= 4 is 5.69 Å². The minimum atomic E-state index is -0.279. The zero-order valence-electron chi connectivity index (χ0n) is 18.0. The Morgan fingerprint density at radius 1 is 1.00 bits per heavy atom. The fraction of sp³-hybridized carbons (Fsp3) is 0.391. The van der Waals surface area contributed by atoms with Gasteiger partial charge in [0.25, 0.3) is 0 Å². The van der Waals surface area contributed by atoms with Crippen LogP contribution < -0.4 is 4.90 Å². The lowest BCUT2D eigenvalue weighted by molar-refractivity contribution is 0.191. The molecule has 3 aromatic rings. The van der Waals surface area contributed by atoms with Gasteiger partial charge in [0.15, 0.2) is 5.82 Å². The zero-order valence-corrected chi connectivity index (χ0v) is 18.0. The lowest BCUT2D eigenvalue weighted by Crippen LogP contribution is -2.49. The molecule has 1 aliphatic heterocycles. The maximum atomic E-state index is 14.3. The van der Waals surface area contributed by atoms with Crippen molar-refractivity contribution in [2.75, 3.05) is 31.1 Å². The van der Waals surface area contributed by atoms with Crippen LogP contribution in [0.2, 0.25) is 0 Å². The van der Waals surface area contributed by atoms with E-state index in [-0.39, 0.29) is 17.4 Å². The third-order valence-corrected chi connectivity index (χ3v) is 5.60. The topological polar surface area (TPSA) is 73.9 Å². The quantitative estimate of drug-likeness (QED) is 0.646. The van der Waals surface area contributed by atoms with Crippen molar-refractivity contribution in [3.8, 4) is 6.07 Å². The number of para-hydroxylation sites is 1. The standard InChI is InChI=1S/C23H26FN7/c1-23(2,3)31-22(26-27-28-31)21(18-10-8-17(16-25)9-11-18)30-14-12-29(13-15-30)20-7-5-4-6-19(20)24/h4-11,21H,12-15H2,1-3H3. The van der Waals surface area contributed by atoms with Crippen LogP contribution in [0.15, 0.2) is 48.5 Å². The number of tetrazole rings is 1.